The van der Waals surface area contributed by atoms with Gasteiger partial charge in [0.05, 0.1) is 12.6 Å². The molecule has 0 aromatic heterocycles. The molecule has 0 aromatic carbocycles. The first-order chi connectivity index (χ1) is 15.9. The predicted octanol–water partition coefficient (Wildman–Crippen LogP) is -7.53. The van der Waals surface area contributed by atoms with E-state index in [1.54, 1.807) is 0 Å². The zero-order valence-corrected chi connectivity index (χ0v) is 18.9. The van der Waals surface area contributed by atoms with Gasteiger partial charge in [-0.25, -0.2) is 16.8 Å². The fourth-order valence-corrected chi connectivity index (χ4v) is 4.12. The molecule has 0 aromatic rings. The molecule has 204 valence electrons. The van der Waals surface area contributed by atoms with Gasteiger partial charge in [0.25, 0.3) is 0 Å². The van der Waals surface area contributed by atoms with Crippen LogP contribution in [-0.2, 0) is 53.0 Å². The summed E-state index contributed by atoms with van der Waals surface area (Å²) < 4.78 is 89.5. The highest BCUT2D eigenvalue weighted by atomic mass is 32.3. The molecule has 0 radical (unpaired) electrons. The van der Waals surface area contributed by atoms with Gasteiger partial charge in [0.1, 0.15) is 48.8 Å². The number of carbonyl (C=O) groups excluding carboxylic acids is 2. The molecule has 0 aliphatic carbocycles. The van der Waals surface area contributed by atoms with Crippen molar-refractivity contribution in [2.75, 3.05) is 6.61 Å². The maximum Gasteiger partial charge on any atom is 0.218 e. The minimum absolute atomic E-state index is 0.904. The molecular formula is C14H20NO18S2-3. The molecule has 0 unspecified atom stereocenters. The molecule has 1 amide bonds. The van der Waals surface area contributed by atoms with Gasteiger partial charge in [0.15, 0.2) is 12.6 Å². The van der Waals surface area contributed by atoms with Crippen LogP contribution in [0.15, 0.2) is 0 Å². The second-order valence-corrected chi connectivity index (χ2v) is 9.33. The van der Waals surface area contributed by atoms with E-state index in [2.05, 4.69) is 8.37 Å². The van der Waals surface area contributed by atoms with E-state index in [1.165, 1.54) is 0 Å². The van der Waals surface area contributed by atoms with E-state index in [0.717, 1.165) is 6.92 Å². The Bertz CT molecular complexity index is 985. The Morgan fingerprint density at radius 1 is 0.943 bits per heavy atom. The fraction of sp³-hybridized carbons (Fsp3) is 0.857. The Balaban J connectivity index is 2.48. The molecule has 2 saturated heterocycles. The first kappa shape index (κ1) is 29.6. The Kier molecular flexibility index (Phi) is 9.48. The van der Waals surface area contributed by atoms with Gasteiger partial charge in [-0.3, -0.25) is 13.2 Å². The monoisotopic (exact) mass is 554 g/mol. The van der Waals surface area contributed by atoms with Crippen molar-refractivity contribution in [3.05, 3.63) is 0 Å². The Hall–Kier alpha value is -1.60. The lowest BCUT2D eigenvalue weighted by molar-refractivity contribution is -0.362. The SMILES string of the molecule is CC(=O)N[C@@H]1[C@@H](O[C@@H]2O[C@@H](C(=O)[O-])[C@@H](O)[C@H](O)[C@H]2O)[C@@H](OS(=O)(=O)[O-])[C@@H](COS(=O)(=O)[O-])O[C@H]1O. The van der Waals surface area contributed by atoms with E-state index in [9.17, 15) is 61.1 Å². The molecule has 10 atom stereocenters. The lowest BCUT2D eigenvalue weighted by atomic mass is 9.95. The van der Waals surface area contributed by atoms with Crippen LogP contribution in [0.5, 0.6) is 0 Å². The number of hydrogen-bond acceptors (Lipinski definition) is 18. The number of aliphatic carboxylic acids is 1. The lowest BCUT2D eigenvalue weighted by Crippen LogP contribution is -2.69. The van der Waals surface area contributed by atoms with Crippen molar-refractivity contribution in [1.82, 2.24) is 5.32 Å². The van der Waals surface area contributed by atoms with Crippen molar-refractivity contribution in [2.24, 2.45) is 0 Å². The Morgan fingerprint density at radius 2 is 1.54 bits per heavy atom. The summed E-state index contributed by atoms with van der Waals surface area (Å²) in [5.74, 6) is -3.00. The number of carbonyl (C=O) groups is 2. The van der Waals surface area contributed by atoms with Crippen molar-refractivity contribution in [2.45, 2.75) is 68.3 Å². The van der Waals surface area contributed by atoms with Crippen LogP contribution >= 0.6 is 0 Å². The van der Waals surface area contributed by atoms with E-state index >= 15 is 0 Å². The average Bonchev–Trinajstić information content (AvgIpc) is 2.69. The maximum atomic E-state index is 11.6. The molecule has 2 fully saturated rings. The summed E-state index contributed by atoms with van der Waals surface area (Å²) in [7, 11) is -11.1. The summed E-state index contributed by atoms with van der Waals surface area (Å²) in [6.45, 7) is -0.450. The first-order valence-corrected chi connectivity index (χ1v) is 12.0. The molecule has 35 heavy (non-hydrogen) atoms. The highest BCUT2D eigenvalue weighted by Crippen LogP contribution is 2.31. The number of aliphatic hydroxyl groups excluding tert-OH is 4. The zero-order valence-electron chi connectivity index (χ0n) is 17.3. The van der Waals surface area contributed by atoms with Gasteiger partial charge in [-0.15, -0.1) is 0 Å². The number of ether oxygens (including phenoxy) is 3. The van der Waals surface area contributed by atoms with Crippen LogP contribution in [0.25, 0.3) is 0 Å². The smallest absolute Gasteiger partial charge is 0.218 e. The summed E-state index contributed by atoms with van der Waals surface area (Å²) in [4.78, 5) is 22.8. The number of carboxylic acid groups (broad SMARTS) is 1. The van der Waals surface area contributed by atoms with E-state index < -0.39 is 101 Å². The lowest BCUT2D eigenvalue weighted by Gasteiger charge is -2.47. The summed E-state index contributed by atoms with van der Waals surface area (Å²) in [6, 6.07) is -1.87. The molecule has 0 saturated carbocycles. The van der Waals surface area contributed by atoms with Crippen molar-refractivity contribution in [3.63, 3.8) is 0 Å². The molecular weight excluding hydrogens is 534 g/mol. The summed E-state index contributed by atoms with van der Waals surface area (Å²) in [5, 5.41) is 53.3. The van der Waals surface area contributed by atoms with Crippen LogP contribution in [0.1, 0.15) is 6.92 Å². The second-order valence-electron chi connectivity index (χ2n) is 7.27. The van der Waals surface area contributed by atoms with Crippen LogP contribution in [-0.4, -0.2) is 126 Å². The second kappa shape index (κ2) is 11.2. The quantitative estimate of drug-likeness (QED) is 0.130. The van der Waals surface area contributed by atoms with Gasteiger partial charge in [0.2, 0.25) is 26.7 Å². The van der Waals surface area contributed by atoms with Gasteiger partial charge in [-0.2, -0.15) is 0 Å². The molecule has 5 N–H and O–H groups in total. The molecule has 2 rings (SSSR count). The largest absolute Gasteiger partial charge is 0.726 e. The third-order valence-corrected chi connectivity index (χ3v) is 5.62. The van der Waals surface area contributed by atoms with Gasteiger partial charge >= 0.3 is 0 Å². The first-order valence-electron chi connectivity index (χ1n) is 9.32. The van der Waals surface area contributed by atoms with Gasteiger partial charge < -0.3 is 59.0 Å². The Labute approximate surface area is 197 Å². The summed E-state index contributed by atoms with van der Waals surface area (Å²) >= 11 is 0. The topological polar surface area (TPSA) is 311 Å². The number of hydrogen-bond donors (Lipinski definition) is 5. The molecule has 21 heteroatoms. The minimum Gasteiger partial charge on any atom is -0.726 e. The minimum atomic E-state index is -5.70. The van der Waals surface area contributed by atoms with Crippen molar-refractivity contribution in [3.8, 4) is 0 Å². The number of rotatable bonds is 9. The van der Waals surface area contributed by atoms with Crippen LogP contribution in [0.3, 0.4) is 0 Å². The fourth-order valence-electron chi connectivity index (χ4n) is 3.32. The zero-order chi connectivity index (χ0) is 26.9. The number of carboxylic acids is 1. The Morgan fingerprint density at radius 3 is 2.03 bits per heavy atom. The normalized spacial score (nSPS) is 38.6. The van der Waals surface area contributed by atoms with Crippen LogP contribution in [0.4, 0.5) is 0 Å². The van der Waals surface area contributed by atoms with Crippen LogP contribution < -0.4 is 10.4 Å². The third kappa shape index (κ3) is 7.94. The van der Waals surface area contributed by atoms with E-state index in [1.807, 2.05) is 5.32 Å². The van der Waals surface area contributed by atoms with Crippen molar-refractivity contribution >= 4 is 32.7 Å². The molecule has 2 heterocycles. The predicted molar refractivity (Wildman–Crippen MR) is 95.3 cm³/mol. The van der Waals surface area contributed by atoms with Crippen molar-refractivity contribution < 1.29 is 83.6 Å². The number of aliphatic hydroxyl groups is 4. The van der Waals surface area contributed by atoms with Gasteiger partial charge in [-0.05, 0) is 0 Å². The maximum absolute atomic E-state index is 11.6. The van der Waals surface area contributed by atoms with E-state index in [0.29, 0.717) is 0 Å². The third-order valence-electron chi connectivity index (χ3n) is 4.73. The van der Waals surface area contributed by atoms with Crippen LogP contribution in [0.2, 0.25) is 0 Å². The van der Waals surface area contributed by atoms with Gasteiger partial charge in [0, 0.05) is 6.92 Å². The standard InChI is InChI=1S/C14H23NO18S2/c1-3(16)15-5-10(31-14-8(19)6(17)7(18)11(32-14)12(20)21)9(33-35(26,27)28)4(30-13(5)22)2-29-34(23,24)25/h4-11,13-14,17-19,22H,2H2,1H3,(H,15,16)(H,20,21)(H,23,24,25)(H,26,27,28)/p-3/t4-,5-,6+,7+,8-,9+,10-,11-,13-,14-/m1/s1. The highest BCUT2D eigenvalue weighted by molar-refractivity contribution is 7.81. The van der Waals surface area contributed by atoms with Gasteiger partial charge in [-0.1, -0.05) is 0 Å². The van der Waals surface area contributed by atoms with E-state index in [4.69, 9.17) is 14.2 Å². The van der Waals surface area contributed by atoms with Crippen LogP contribution in [0, 0.1) is 0 Å². The molecule has 2 aliphatic heterocycles. The average molecular weight is 554 g/mol. The molecule has 0 bridgehead atoms. The number of nitrogens with one attached hydrogen (secondary N) is 1. The highest BCUT2D eigenvalue weighted by Gasteiger charge is 2.53. The molecule has 2 aliphatic rings. The summed E-state index contributed by atoms with van der Waals surface area (Å²) in [6.07, 6.45) is -20.1. The van der Waals surface area contributed by atoms with E-state index in [-0.39, 0.29) is 0 Å². The molecule has 19 nitrogen and oxygen atoms in total. The molecule has 0 spiro atoms. The summed E-state index contributed by atoms with van der Waals surface area (Å²) in [5.41, 5.74) is 0. The van der Waals surface area contributed by atoms with Crippen molar-refractivity contribution in [1.29, 1.82) is 0 Å². The number of amides is 1.